The van der Waals surface area contributed by atoms with Crippen molar-refractivity contribution in [2.75, 3.05) is 26.0 Å². The third-order valence-corrected chi connectivity index (χ3v) is 2.01. The molecule has 17 heavy (non-hydrogen) atoms. The summed E-state index contributed by atoms with van der Waals surface area (Å²) in [6, 6.07) is 3.55. The number of pyridine rings is 1. The number of likely N-dealkylation sites (N-methyl/N-ethyl adjacent to an activating group) is 1. The van der Waals surface area contributed by atoms with Crippen molar-refractivity contribution in [1.82, 2.24) is 9.99 Å². The van der Waals surface area contributed by atoms with E-state index in [0.717, 1.165) is 10.6 Å². The first-order valence-corrected chi connectivity index (χ1v) is 4.99. The number of nitroso groups, excluding NO2 is 1. The van der Waals surface area contributed by atoms with Crippen molar-refractivity contribution in [3.63, 3.8) is 0 Å². The van der Waals surface area contributed by atoms with E-state index in [9.17, 15) is 9.70 Å². The van der Waals surface area contributed by atoms with E-state index in [-0.39, 0.29) is 13.2 Å². The van der Waals surface area contributed by atoms with Crippen LogP contribution in [-0.4, -0.2) is 36.6 Å². The predicted octanol–water partition coefficient (Wildman–Crippen LogP) is 0.780. The molecule has 0 saturated carbocycles. The summed E-state index contributed by atoms with van der Waals surface area (Å²) in [5, 5.41) is 6.43. The third-order valence-electron chi connectivity index (χ3n) is 2.01. The number of ether oxygens (including phenoxy) is 1. The van der Waals surface area contributed by atoms with Crippen molar-refractivity contribution in [2.45, 2.75) is 6.61 Å². The molecular weight excluding hydrogens is 224 g/mol. The van der Waals surface area contributed by atoms with Gasteiger partial charge in [0.05, 0.1) is 5.29 Å². The number of anilines is 1. The molecule has 0 radical (unpaired) electrons. The Labute approximate surface area is 98.7 Å². The van der Waals surface area contributed by atoms with Gasteiger partial charge in [0.2, 0.25) is 0 Å². The summed E-state index contributed by atoms with van der Waals surface area (Å²) in [5.41, 5.74) is 0.769. The summed E-state index contributed by atoms with van der Waals surface area (Å²) < 4.78 is 4.98. The van der Waals surface area contributed by atoms with E-state index in [0.29, 0.717) is 5.82 Å². The second-order valence-electron chi connectivity index (χ2n) is 3.32. The minimum absolute atomic E-state index is 0.107. The molecule has 0 aliphatic heterocycles. The molecule has 0 spiro atoms. The number of carbonyl (C=O) groups is 1. The molecule has 0 unspecified atom stereocenters. The third kappa shape index (κ3) is 4.06. The number of hydrogen-bond acceptors (Lipinski definition) is 6. The Kier molecular flexibility index (Phi) is 4.86. The van der Waals surface area contributed by atoms with Crippen molar-refractivity contribution < 1.29 is 9.53 Å². The van der Waals surface area contributed by atoms with Gasteiger partial charge in [0.1, 0.15) is 19.0 Å². The molecule has 0 atom stereocenters. The number of nitrogens with zero attached hydrogens (tertiary/aromatic N) is 3. The molecule has 7 heteroatoms. The molecule has 0 fully saturated rings. The van der Waals surface area contributed by atoms with E-state index >= 15 is 0 Å². The van der Waals surface area contributed by atoms with Gasteiger partial charge < -0.3 is 10.1 Å². The van der Waals surface area contributed by atoms with Gasteiger partial charge >= 0.3 is 5.97 Å². The zero-order chi connectivity index (χ0) is 12.7. The zero-order valence-corrected chi connectivity index (χ0v) is 9.71. The van der Waals surface area contributed by atoms with Crippen molar-refractivity contribution in [3.8, 4) is 0 Å². The number of hydrogen-bond donors (Lipinski definition) is 1. The van der Waals surface area contributed by atoms with Gasteiger partial charge in [-0.2, -0.15) is 0 Å². The molecule has 0 aliphatic carbocycles. The standard InChI is InChI=1S/C10H14N4O3/c1-11-10-8(4-3-5-12-10)7-17-9(15)6-14(2)13-16/h3-5H,6-7H2,1-2H3,(H,11,12). The Bertz CT molecular complexity index is 397. The van der Waals surface area contributed by atoms with E-state index in [2.05, 4.69) is 15.6 Å². The fourth-order valence-corrected chi connectivity index (χ4v) is 1.20. The molecule has 92 valence electrons. The lowest BCUT2D eigenvalue weighted by Gasteiger charge is -2.10. The Morgan fingerprint density at radius 2 is 2.41 bits per heavy atom. The minimum atomic E-state index is -0.516. The van der Waals surface area contributed by atoms with E-state index < -0.39 is 5.97 Å². The molecule has 0 bridgehead atoms. The monoisotopic (exact) mass is 238 g/mol. The Morgan fingerprint density at radius 3 is 3.06 bits per heavy atom. The summed E-state index contributed by atoms with van der Waals surface area (Å²) in [5.74, 6) is 0.139. The van der Waals surface area contributed by atoms with Crippen molar-refractivity contribution in [3.05, 3.63) is 28.8 Å². The van der Waals surface area contributed by atoms with Crippen LogP contribution in [0.3, 0.4) is 0 Å². The van der Waals surface area contributed by atoms with E-state index in [1.165, 1.54) is 7.05 Å². The highest BCUT2D eigenvalue weighted by atomic mass is 16.5. The van der Waals surface area contributed by atoms with Gasteiger partial charge in [-0.3, -0.25) is 9.80 Å². The van der Waals surface area contributed by atoms with E-state index in [1.807, 2.05) is 0 Å². The summed E-state index contributed by atoms with van der Waals surface area (Å²) in [6.45, 7) is -0.0613. The predicted molar refractivity (Wildman–Crippen MR) is 62.0 cm³/mol. The number of aromatic nitrogens is 1. The average molecular weight is 238 g/mol. The molecule has 0 aromatic carbocycles. The number of esters is 1. The SMILES string of the molecule is CNc1ncccc1COC(=O)CN(C)N=O. The van der Waals surface area contributed by atoms with Gasteiger partial charge in [0.25, 0.3) is 0 Å². The van der Waals surface area contributed by atoms with Crippen LogP contribution in [0.2, 0.25) is 0 Å². The van der Waals surface area contributed by atoms with Gasteiger partial charge in [0.15, 0.2) is 0 Å². The zero-order valence-electron chi connectivity index (χ0n) is 9.71. The molecule has 1 aromatic rings. The fourth-order valence-electron chi connectivity index (χ4n) is 1.20. The molecule has 1 aromatic heterocycles. The minimum Gasteiger partial charge on any atom is -0.459 e. The van der Waals surface area contributed by atoms with Gasteiger partial charge in [0, 0.05) is 25.9 Å². The van der Waals surface area contributed by atoms with Crippen LogP contribution in [0.1, 0.15) is 5.56 Å². The van der Waals surface area contributed by atoms with Crippen molar-refractivity contribution in [1.29, 1.82) is 0 Å². The molecule has 1 heterocycles. The van der Waals surface area contributed by atoms with Crippen LogP contribution in [0.15, 0.2) is 23.6 Å². The highest BCUT2D eigenvalue weighted by molar-refractivity contribution is 5.71. The van der Waals surface area contributed by atoms with Gasteiger partial charge in [-0.25, -0.2) is 4.98 Å². The van der Waals surface area contributed by atoms with E-state index in [1.54, 1.807) is 25.4 Å². The summed E-state index contributed by atoms with van der Waals surface area (Å²) in [4.78, 5) is 25.4. The average Bonchev–Trinajstić information content (AvgIpc) is 2.36. The van der Waals surface area contributed by atoms with Crippen LogP contribution >= 0.6 is 0 Å². The number of rotatable bonds is 6. The first-order valence-electron chi connectivity index (χ1n) is 4.99. The highest BCUT2D eigenvalue weighted by Crippen LogP contribution is 2.11. The van der Waals surface area contributed by atoms with Gasteiger partial charge in [-0.05, 0) is 6.07 Å². The molecule has 0 amide bonds. The number of nitrogens with one attached hydrogen (secondary N) is 1. The fraction of sp³-hybridized carbons (Fsp3) is 0.400. The maximum atomic E-state index is 11.3. The van der Waals surface area contributed by atoms with Crippen LogP contribution in [0.4, 0.5) is 5.82 Å². The molecular formula is C10H14N4O3. The Hall–Kier alpha value is -2.18. The largest absolute Gasteiger partial charge is 0.459 e. The molecule has 1 rings (SSSR count). The van der Waals surface area contributed by atoms with Crippen LogP contribution in [-0.2, 0) is 16.1 Å². The quantitative estimate of drug-likeness (QED) is 0.448. The summed E-state index contributed by atoms with van der Waals surface area (Å²) in [6.07, 6.45) is 1.64. The lowest BCUT2D eigenvalue weighted by atomic mass is 10.3. The second-order valence-corrected chi connectivity index (χ2v) is 3.32. The maximum Gasteiger partial charge on any atom is 0.327 e. The molecule has 1 N–H and O–H groups in total. The van der Waals surface area contributed by atoms with Crippen LogP contribution in [0, 0.1) is 4.91 Å². The summed E-state index contributed by atoms with van der Waals surface area (Å²) in [7, 11) is 3.13. The Balaban J connectivity index is 2.49. The topological polar surface area (TPSA) is 83.9 Å². The number of carbonyl (C=O) groups excluding carboxylic acids is 1. The maximum absolute atomic E-state index is 11.3. The first-order chi connectivity index (χ1) is 8.17. The van der Waals surface area contributed by atoms with E-state index in [4.69, 9.17) is 4.74 Å². The van der Waals surface area contributed by atoms with Crippen LogP contribution < -0.4 is 5.32 Å². The smallest absolute Gasteiger partial charge is 0.327 e. The van der Waals surface area contributed by atoms with Crippen LogP contribution in [0.25, 0.3) is 0 Å². The van der Waals surface area contributed by atoms with Crippen LogP contribution in [0.5, 0.6) is 0 Å². The van der Waals surface area contributed by atoms with Gasteiger partial charge in [-0.15, -0.1) is 4.91 Å². The molecule has 0 aliphatic rings. The summed E-state index contributed by atoms with van der Waals surface area (Å²) >= 11 is 0. The van der Waals surface area contributed by atoms with Crippen molar-refractivity contribution in [2.24, 2.45) is 5.29 Å². The lowest BCUT2D eigenvalue weighted by molar-refractivity contribution is -0.145. The van der Waals surface area contributed by atoms with Gasteiger partial charge in [-0.1, -0.05) is 6.07 Å². The molecule has 0 saturated heterocycles. The lowest BCUT2D eigenvalue weighted by Crippen LogP contribution is -2.22. The Morgan fingerprint density at radius 1 is 1.65 bits per heavy atom. The first kappa shape index (κ1) is 12.9. The van der Waals surface area contributed by atoms with Crippen molar-refractivity contribution >= 4 is 11.8 Å². The highest BCUT2D eigenvalue weighted by Gasteiger charge is 2.09. The normalized spacial score (nSPS) is 9.53. The second kappa shape index (κ2) is 6.41. The molecule has 7 nitrogen and oxygen atoms in total.